The van der Waals surface area contributed by atoms with Gasteiger partial charge in [-0.05, 0) is 38.4 Å². The van der Waals surface area contributed by atoms with Gasteiger partial charge in [-0.2, -0.15) is 0 Å². The Kier molecular flexibility index (Phi) is 5.64. The van der Waals surface area contributed by atoms with Crippen LogP contribution in [-0.2, 0) is 18.7 Å². The predicted molar refractivity (Wildman–Crippen MR) is 83.8 cm³/mol. The second-order valence-corrected chi connectivity index (χ2v) is 12.5. The van der Waals surface area contributed by atoms with Crippen LogP contribution in [0.15, 0.2) is 0 Å². The zero-order chi connectivity index (χ0) is 16.5. The SMILES string of the molecule is CC1(C)O[C@@H](CO[Si](C)(C)C(C)(C)C)[C@@H](CCC(=O)O)O1. The monoisotopic (exact) mass is 318 g/mol. The molecule has 0 aliphatic carbocycles. The van der Waals surface area contributed by atoms with E-state index in [9.17, 15) is 4.79 Å². The molecule has 0 aromatic rings. The van der Waals surface area contributed by atoms with Gasteiger partial charge in [0.15, 0.2) is 14.1 Å². The van der Waals surface area contributed by atoms with E-state index >= 15 is 0 Å². The maximum Gasteiger partial charge on any atom is 0.303 e. The lowest BCUT2D eigenvalue weighted by Crippen LogP contribution is -2.44. The van der Waals surface area contributed by atoms with E-state index in [0.717, 1.165) is 0 Å². The van der Waals surface area contributed by atoms with Crippen molar-refractivity contribution in [1.82, 2.24) is 0 Å². The first kappa shape index (κ1) is 18.6. The molecule has 1 rings (SSSR count). The van der Waals surface area contributed by atoms with Gasteiger partial charge in [0.2, 0.25) is 0 Å². The van der Waals surface area contributed by atoms with Crippen LogP contribution >= 0.6 is 0 Å². The maximum absolute atomic E-state index is 10.8. The Balaban J connectivity index is 2.64. The zero-order valence-corrected chi connectivity index (χ0v) is 15.4. The average Bonchev–Trinajstić information content (AvgIpc) is 2.57. The van der Waals surface area contributed by atoms with Crippen LogP contribution in [0.1, 0.15) is 47.5 Å². The third kappa shape index (κ3) is 5.36. The molecule has 0 saturated carbocycles. The number of ether oxygens (including phenoxy) is 2. The molecular formula is C15H30O5Si. The molecule has 2 atom stereocenters. The van der Waals surface area contributed by atoms with Gasteiger partial charge in [0, 0.05) is 6.42 Å². The van der Waals surface area contributed by atoms with E-state index in [1.54, 1.807) is 0 Å². The molecule has 0 aromatic carbocycles. The Morgan fingerprint density at radius 3 is 2.24 bits per heavy atom. The van der Waals surface area contributed by atoms with Crippen molar-refractivity contribution in [3.05, 3.63) is 0 Å². The van der Waals surface area contributed by atoms with Gasteiger partial charge < -0.3 is 19.0 Å². The van der Waals surface area contributed by atoms with Gasteiger partial charge in [-0.15, -0.1) is 0 Å². The molecule has 0 aromatic heterocycles. The van der Waals surface area contributed by atoms with E-state index in [1.807, 2.05) is 13.8 Å². The summed E-state index contributed by atoms with van der Waals surface area (Å²) in [5.74, 6) is -1.49. The minimum Gasteiger partial charge on any atom is -0.481 e. The fourth-order valence-corrected chi connectivity index (χ4v) is 3.08. The lowest BCUT2D eigenvalue weighted by Gasteiger charge is -2.37. The molecule has 0 unspecified atom stereocenters. The molecule has 1 aliphatic rings. The Morgan fingerprint density at radius 1 is 1.24 bits per heavy atom. The molecule has 0 bridgehead atoms. The Labute approximate surface area is 129 Å². The molecular weight excluding hydrogens is 288 g/mol. The van der Waals surface area contributed by atoms with E-state index in [4.69, 9.17) is 19.0 Å². The highest BCUT2D eigenvalue weighted by Gasteiger charge is 2.44. The summed E-state index contributed by atoms with van der Waals surface area (Å²) in [4.78, 5) is 10.8. The Bertz CT molecular complexity index is 373. The third-order valence-corrected chi connectivity index (χ3v) is 8.84. The Hall–Kier alpha value is -0.433. The van der Waals surface area contributed by atoms with Gasteiger partial charge in [0.05, 0.1) is 12.7 Å². The van der Waals surface area contributed by atoms with Crippen molar-refractivity contribution in [2.75, 3.05) is 6.61 Å². The summed E-state index contributed by atoms with van der Waals surface area (Å²) in [6, 6.07) is 0. The van der Waals surface area contributed by atoms with E-state index in [1.165, 1.54) is 0 Å². The largest absolute Gasteiger partial charge is 0.481 e. The summed E-state index contributed by atoms with van der Waals surface area (Å²) in [6.45, 7) is 15.1. The summed E-state index contributed by atoms with van der Waals surface area (Å²) >= 11 is 0. The molecule has 5 nitrogen and oxygen atoms in total. The van der Waals surface area contributed by atoms with Crippen LogP contribution in [0.4, 0.5) is 0 Å². The first-order chi connectivity index (χ1) is 9.34. The van der Waals surface area contributed by atoms with Crippen molar-refractivity contribution in [3.8, 4) is 0 Å². The number of rotatable bonds is 6. The molecule has 124 valence electrons. The van der Waals surface area contributed by atoms with Crippen molar-refractivity contribution in [2.24, 2.45) is 0 Å². The maximum atomic E-state index is 10.8. The van der Waals surface area contributed by atoms with Crippen LogP contribution < -0.4 is 0 Å². The molecule has 1 fully saturated rings. The highest BCUT2D eigenvalue weighted by Crippen LogP contribution is 2.38. The smallest absolute Gasteiger partial charge is 0.303 e. The molecule has 21 heavy (non-hydrogen) atoms. The molecule has 0 amide bonds. The van der Waals surface area contributed by atoms with Gasteiger partial charge >= 0.3 is 5.97 Å². The molecule has 6 heteroatoms. The predicted octanol–water partition coefficient (Wildman–Crippen LogP) is 3.39. The summed E-state index contributed by atoms with van der Waals surface area (Å²) in [6.07, 6.45) is 0.111. The summed E-state index contributed by atoms with van der Waals surface area (Å²) in [5.41, 5.74) is 0. The standard InChI is InChI=1S/C15H30O5Si/c1-14(2,3)21(6,7)18-10-12-11(8-9-13(16)17)19-15(4,5)20-12/h11-12H,8-10H2,1-7H3,(H,16,17)/t11-,12+/m1/s1. The number of carbonyl (C=O) groups is 1. The zero-order valence-electron chi connectivity index (χ0n) is 14.4. The van der Waals surface area contributed by atoms with Crippen LogP contribution in [-0.4, -0.2) is 44.0 Å². The minimum atomic E-state index is -1.85. The van der Waals surface area contributed by atoms with E-state index in [-0.39, 0.29) is 23.7 Å². The fourth-order valence-electron chi connectivity index (χ4n) is 2.07. The lowest BCUT2D eigenvalue weighted by atomic mass is 10.1. The van der Waals surface area contributed by atoms with E-state index in [0.29, 0.717) is 13.0 Å². The second kappa shape index (κ2) is 6.36. The topological polar surface area (TPSA) is 65.0 Å². The normalized spacial score (nSPS) is 26.0. The van der Waals surface area contributed by atoms with Crippen LogP contribution in [0.2, 0.25) is 18.1 Å². The number of hydrogen-bond acceptors (Lipinski definition) is 4. The summed E-state index contributed by atoms with van der Waals surface area (Å²) in [7, 11) is -1.85. The van der Waals surface area contributed by atoms with Gasteiger partial charge in [0.1, 0.15) is 6.10 Å². The first-order valence-corrected chi connectivity index (χ1v) is 10.5. The van der Waals surface area contributed by atoms with Crippen LogP contribution in [0.25, 0.3) is 0 Å². The fraction of sp³-hybridized carbons (Fsp3) is 0.933. The number of aliphatic carboxylic acids is 1. The van der Waals surface area contributed by atoms with Crippen molar-refractivity contribution < 1.29 is 23.8 Å². The highest BCUT2D eigenvalue weighted by molar-refractivity contribution is 6.74. The summed E-state index contributed by atoms with van der Waals surface area (Å²) < 4.78 is 17.9. The summed E-state index contributed by atoms with van der Waals surface area (Å²) in [5, 5.41) is 8.97. The van der Waals surface area contributed by atoms with Gasteiger partial charge in [0.25, 0.3) is 0 Å². The van der Waals surface area contributed by atoms with E-state index < -0.39 is 20.1 Å². The number of hydrogen-bond donors (Lipinski definition) is 1. The first-order valence-electron chi connectivity index (χ1n) is 7.55. The van der Waals surface area contributed by atoms with Gasteiger partial charge in [-0.1, -0.05) is 20.8 Å². The van der Waals surface area contributed by atoms with Crippen molar-refractivity contribution in [3.63, 3.8) is 0 Å². The van der Waals surface area contributed by atoms with Crippen molar-refractivity contribution >= 4 is 14.3 Å². The second-order valence-electron chi connectivity index (χ2n) is 7.72. The quantitative estimate of drug-likeness (QED) is 0.760. The number of carboxylic acids is 1. The van der Waals surface area contributed by atoms with Crippen molar-refractivity contribution in [1.29, 1.82) is 0 Å². The van der Waals surface area contributed by atoms with Gasteiger partial charge in [-0.3, -0.25) is 4.79 Å². The van der Waals surface area contributed by atoms with E-state index in [2.05, 4.69) is 33.9 Å². The molecule has 1 saturated heterocycles. The average molecular weight is 318 g/mol. The van der Waals surface area contributed by atoms with Crippen LogP contribution in [0.5, 0.6) is 0 Å². The molecule has 0 radical (unpaired) electrons. The number of carboxylic acid groups (broad SMARTS) is 1. The van der Waals surface area contributed by atoms with Crippen LogP contribution in [0, 0.1) is 0 Å². The third-order valence-electron chi connectivity index (χ3n) is 4.34. The molecule has 1 heterocycles. The van der Waals surface area contributed by atoms with Crippen LogP contribution in [0.3, 0.4) is 0 Å². The van der Waals surface area contributed by atoms with Gasteiger partial charge in [-0.25, -0.2) is 0 Å². The molecule has 1 N–H and O–H groups in total. The molecule has 1 aliphatic heterocycles. The molecule has 0 spiro atoms. The lowest BCUT2D eigenvalue weighted by molar-refractivity contribution is -0.151. The van der Waals surface area contributed by atoms with Crippen molar-refractivity contribution in [2.45, 2.75) is 83.6 Å². The highest BCUT2D eigenvalue weighted by atomic mass is 28.4. The minimum absolute atomic E-state index is 0.0840. The Morgan fingerprint density at radius 2 is 1.76 bits per heavy atom.